The molecular formula is C19H33N3O3. The molecule has 0 bridgehead atoms. The summed E-state index contributed by atoms with van der Waals surface area (Å²) in [5, 5.41) is 4.58. The molecule has 0 radical (unpaired) electrons. The van der Waals surface area contributed by atoms with Crippen molar-refractivity contribution >= 4 is 11.9 Å². The molecule has 0 unspecified atom stereocenters. The Morgan fingerprint density at radius 3 is 2.36 bits per heavy atom. The van der Waals surface area contributed by atoms with E-state index in [1.807, 2.05) is 39.3 Å². The van der Waals surface area contributed by atoms with Crippen molar-refractivity contribution in [1.82, 2.24) is 14.7 Å². The maximum Gasteiger partial charge on any atom is 0.326 e. The van der Waals surface area contributed by atoms with E-state index < -0.39 is 5.60 Å². The third-order valence-electron chi connectivity index (χ3n) is 3.87. The van der Waals surface area contributed by atoms with Gasteiger partial charge in [0.25, 0.3) is 0 Å². The fourth-order valence-corrected chi connectivity index (χ4v) is 2.70. The first-order valence-corrected chi connectivity index (χ1v) is 8.89. The smallest absolute Gasteiger partial charge is 0.326 e. The van der Waals surface area contributed by atoms with Crippen LogP contribution in [0.25, 0.3) is 0 Å². The zero-order valence-corrected chi connectivity index (χ0v) is 17.0. The number of rotatable bonds is 7. The van der Waals surface area contributed by atoms with Gasteiger partial charge in [-0.05, 0) is 52.5 Å². The maximum absolute atomic E-state index is 12.3. The molecule has 1 heterocycles. The summed E-state index contributed by atoms with van der Waals surface area (Å²) < 4.78 is 7.27. The van der Waals surface area contributed by atoms with Crippen molar-refractivity contribution in [3.8, 4) is 0 Å². The van der Waals surface area contributed by atoms with E-state index in [1.165, 1.54) is 4.90 Å². The zero-order chi connectivity index (χ0) is 19.4. The predicted octanol–water partition coefficient (Wildman–Crippen LogP) is 2.89. The van der Waals surface area contributed by atoms with Crippen molar-refractivity contribution in [3.63, 3.8) is 0 Å². The number of hydrogen-bond donors (Lipinski definition) is 0. The number of aryl methyl sites for hydroxylation is 1. The third kappa shape index (κ3) is 6.88. The minimum Gasteiger partial charge on any atom is -0.459 e. The quantitative estimate of drug-likeness (QED) is 0.709. The van der Waals surface area contributed by atoms with Gasteiger partial charge in [-0.3, -0.25) is 14.3 Å². The van der Waals surface area contributed by atoms with Gasteiger partial charge in [0, 0.05) is 25.7 Å². The van der Waals surface area contributed by atoms with E-state index in [9.17, 15) is 9.59 Å². The zero-order valence-electron chi connectivity index (χ0n) is 17.0. The standard InChI is InChI=1S/C19H33N3O3/c1-13(2)11-22-15(4)16(14(3)20-22)9-10-17(23)21(8)12-18(24)25-19(5,6)7/h13H,9-12H2,1-8H3. The number of ether oxygens (including phenoxy) is 1. The molecule has 0 aliphatic carbocycles. The Morgan fingerprint density at radius 2 is 1.84 bits per heavy atom. The van der Waals surface area contributed by atoms with E-state index in [-0.39, 0.29) is 18.4 Å². The second kappa shape index (κ2) is 8.50. The van der Waals surface area contributed by atoms with E-state index in [2.05, 4.69) is 18.9 Å². The Morgan fingerprint density at radius 1 is 1.24 bits per heavy atom. The summed E-state index contributed by atoms with van der Waals surface area (Å²) in [7, 11) is 1.63. The number of hydrogen-bond acceptors (Lipinski definition) is 4. The van der Waals surface area contributed by atoms with Crippen molar-refractivity contribution in [2.45, 2.75) is 73.5 Å². The van der Waals surface area contributed by atoms with E-state index in [1.54, 1.807) is 7.05 Å². The van der Waals surface area contributed by atoms with Gasteiger partial charge in [0.1, 0.15) is 12.1 Å². The lowest BCUT2D eigenvalue weighted by Gasteiger charge is -2.22. The summed E-state index contributed by atoms with van der Waals surface area (Å²) in [5.74, 6) is 0.0641. The highest BCUT2D eigenvalue weighted by Gasteiger charge is 2.20. The Labute approximate surface area is 151 Å². The number of carbonyl (C=O) groups is 2. The normalized spacial score (nSPS) is 11.7. The summed E-state index contributed by atoms with van der Waals surface area (Å²) in [6, 6.07) is 0. The van der Waals surface area contributed by atoms with Gasteiger partial charge >= 0.3 is 5.97 Å². The van der Waals surface area contributed by atoms with Crippen LogP contribution in [0, 0.1) is 19.8 Å². The lowest BCUT2D eigenvalue weighted by atomic mass is 10.1. The minimum atomic E-state index is -0.541. The fraction of sp³-hybridized carbons (Fsp3) is 0.737. The van der Waals surface area contributed by atoms with E-state index in [0.29, 0.717) is 18.8 Å². The molecule has 1 rings (SSSR count). The Hall–Kier alpha value is -1.85. The number of amides is 1. The van der Waals surface area contributed by atoms with Crippen molar-refractivity contribution in [1.29, 1.82) is 0 Å². The van der Waals surface area contributed by atoms with Crippen LogP contribution in [-0.4, -0.2) is 45.8 Å². The molecule has 0 fully saturated rings. The first-order chi connectivity index (χ1) is 11.4. The molecule has 1 amide bonds. The Kier molecular flexibility index (Phi) is 7.20. The van der Waals surface area contributed by atoms with Gasteiger partial charge in [-0.15, -0.1) is 0 Å². The number of carbonyl (C=O) groups excluding carboxylic acids is 2. The number of aromatic nitrogens is 2. The fourth-order valence-electron chi connectivity index (χ4n) is 2.70. The molecule has 0 aromatic carbocycles. The molecule has 0 spiro atoms. The molecule has 6 nitrogen and oxygen atoms in total. The highest BCUT2D eigenvalue weighted by molar-refractivity contribution is 5.82. The van der Waals surface area contributed by atoms with Gasteiger partial charge in [-0.25, -0.2) is 0 Å². The van der Waals surface area contributed by atoms with E-state index >= 15 is 0 Å². The average Bonchev–Trinajstić information content (AvgIpc) is 2.68. The summed E-state index contributed by atoms with van der Waals surface area (Å²) in [4.78, 5) is 25.6. The van der Waals surface area contributed by atoms with Gasteiger partial charge < -0.3 is 9.64 Å². The summed E-state index contributed by atoms with van der Waals surface area (Å²) in [5.41, 5.74) is 2.68. The highest BCUT2D eigenvalue weighted by Crippen LogP contribution is 2.17. The second-order valence-corrected chi connectivity index (χ2v) is 8.06. The van der Waals surface area contributed by atoms with Crippen LogP contribution in [0.1, 0.15) is 58.0 Å². The lowest BCUT2D eigenvalue weighted by Crippen LogP contribution is -2.36. The van der Waals surface area contributed by atoms with Crippen LogP contribution in [-0.2, 0) is 27.3 Å². The average molecular weight is 351 g/mol. The van der Waals surface area contributed by atoms with Crippen molar-refractivity contribution in [2.75, 3.05) is 13.6 Å². The van der Waals surface area contributed by atoms with Crippen molar-refractivity contribution < 1.29 is 14.3 Å². The van der Waals surface area contributed by atoms with E-state index in [0.717, 1.165) is 23.5 Å². The predicted molar refractivity (Wildman–Crippen MR) is 98.3 cm³/mol. The molecule has 0 N–H and O–H groups in total. The summed E-state index contributed by atoms with van der Waals surface area (Å²) in [6.45, 7) is 14.6. The van der Waals surface area contributed by atoms with Crippen LogP contribution < -0.4 is 0 Å². The summed E-state index contributed by atoms with van der Waals surface area (Å²) in [6.07, 6.45) is 0.988. The maximum atomic E-state index is 12.3. The minimum absolute atomic E-state index is 0.0271. The molecule has 0 saturated heterocycles. The van der Waals surface area contributed by atoms with Gasteiger partial charge in [0.2, 0.25) is 5.91 Å². The van der Waals surface area contributed by atoms with Gasteiger partial charge in [0.15, 0.2) is 0 Å². The molecule has 6 heteroatoms. The topological polar surface area (TPSA) is 64.4 Å². The molecule has 0 atom stereocenters. The molecule has 1 aromatic heterocycles. The van der Waals surface area contributed by atoms with Gasteiger partial charge in [0.05, 0.1) is 5.69 Å². The molecular weight excluding hydrogens is 318 g/mol. The largest absolute Gasteiger partial charge is 0.459 e. The number of likely N-dealkylation sites (N-methyl/N-ethyl adjacent to an activating group) is 1. The van der Waals surface area contributed by atoms with Crippen LogP contribution in [0.2, 0.25) is 0 Å². The van der Waals surface area contributed by atoms with Crippen LogP contribution in [0.4, 0.5) is 0 Å². The monoisotopic (exact) mass is 351 g/mol. The van der Waals surface area contributed by atoms with Gasteiger partial charge in [-0.1, -0.05) is 13.8 Å². The molecule has 1 aromatic rings. The Bertz CT molecular complexity index is 612. The molecule has 25 heavy (non-hydrogen) atoms. The first-order valence-electron chi connectivity index (χ1n) is 8.89. The van der Waals surface area contributed by atoms with Crippen molar-refractivity contribution in [3.05, 3.63) is 17.0 Å². The molecule has 0 saturated carbocycles. The first kappa shape index (κ1) is 21.2. The van der Waals surface area contributed by atoms with Crippen LogP contribution in [0.5, 0.6) is 0 Å². The molecule has 0 aliphatic heterocycles. The number of nitrogens with zero attached hydrogens (tertiary/aromatic N) is 3. The second-order valence-electron chi connectivity index (χ2n) is 8.06. The van der Waals surface area contributed by atoms with Crippen molar-refractivity contribution in [2.24, 2.45) is 5.92 Å². The Balaban J connectivity index is 2.61. The van der Waals surface area contributed by atoms with E-state index in [4.69, 9.17) is 4.74 Å². The summed E-state index contributed by atoms with van der Waals surface area (Å²) >= 11 is 0. The lowest BCUT2D eigenvalue weighted by molar-refractivity contribution is -0.158. The molecule has 142 valence electrons. The SMILES string of the molecule is Cc1nn(CC(C)C)c(C)c1CCC(=O)N(C)CC(=O)OC(C)(C)C. The van der Waals surface area contributed by atoms with Crippen LogP contribution >= 0.6 is 0 Å². The van der Waals surface area contributed by atoms with Crippen LogP contribution in [0.15, 0.2) is 0 Å². The third-order valence-corrected chi connectivity index (χ3v) is 3.87. The van der Waals surface area contributed by atoms with Gasteiger partial charge in [-0.2, -0.15) is 5.10 Å². The highest BCUT2D eigenvalue weighted by atomic mass is 16.6. The molecule has 0 aliphatic rings. The van der Waals surface area contributed by atoms with Crippen LogP contribution in [0.3, 0.4) is 0 Å². The number of esters is 1.